The van der Waals surface area contributed by atoms with E-state index < -0.39 is 11.9 Å². The van der Waals surface area contributed by atoms with Crippen molar-refractivity contribution in [1.29, 1.82) is 0 Å². The van der Waals surface area contributed by atoms with E-state index >= 15 is 0 Å². The highest BCUT2D eigenvalue weighted by molar-refractivity contribution is 5.81. The number of ketones is 1. The molecule has 3 saturated heterocycles. The lowest BCUT2D eigenvalue weighted by Crippen LogP contribution is -2.54. The molecule has 0 bridgehead atoms. The van der Waals surface area contributed by atoms with Gasteiger partial charge in [-0.3, -0.25) is 9.78 Å². The average Bonchev–Trinajstić information content (AvgIpc) is 2.72. The Morgan fingerprint density at radius 1 is 1.19 bits per heavy atom. The Balaban J connectivity index is 1.28. The van der Waals surface area contributed by atoms with Crippen LogP contribution < -0.4 is 0 Å². The molecular formula is C22H28F3N3O3. The average molecular weight is 439 g/mol. The molecule has 3 aliphatic rings. The Hall–Kier alpha value is -2.16. The molecule has 3 aliphatic heterocycles. The molecule has 4 heterocycles. The van der Waals surface area contributed by atoms with Crippen molar-refractivity contribution in [3.8, 4) is 0 Å². The van der Waals surface area contributed by atoms with Gasteiger partial charge in [0.05, 0.1) is 6.10 Å². The normalized spacial score (nSPS) is 25.5. The number of aryl methyl sites for hydroxylation is 1. The summed E-state index contributed by atoms with van der Waals surface area (Å²) >= 11 is 0. The monoisotopic (exact) mass is 439 g/mol. The molecule has 0 spiro atoms. The van der Waals surface area contributed by atoms with Crippen LogP contribution in [0.25, 0.3) is 0 Å². The lowest BCUT2D eigenvalue weighted by atomic mass is 9.88. The van der Waals surface area contributed by atoms with Crippen LogP contribution in [0.15, 0.2) is 12.3 Å². The first-order chi connectivity index (χ1) is 14.7. The summed E-state index contributed by atoms with van der Waals surface area (Å²) in [5, 5.41) is 0. The number of hydrogen-bond donors (Lipinski definition) is 0. The van der Waals surface area contributed by atoms with Crippen molar-refractivity contribution in [3.63, 3.8) is 0 Å². The van der Waals surface area contributed by atoms with Gasteiger partial charge in [-0.25, -0.2) is 4.79 Å². The molecule has 1 aromatic heterocycles. The highest BCUT2D eigenvalue weighted by Gasteiger charge is 2.38. The van der Waals surface area contributed by atoms with Crippen LogP contribution in [0.3, 0.4) is 0 Å². The van der Waals surface area contributed by atoms with E-state index in [0.717, 1.165) is 24.8 Å². The molecule has 4 rings (SSSR count). The number of rotatable bonds is 2. The van der Waals surface area contributed by atoms with Crippen molar-refractivity contribution in [2.45, 2.75) is 51.3 Å². The maximum atomic E-state index is 13.0. The van der Waals surface area contributed by atoms with E-state index in [0.29, 0.717) is 44.9 Å². The summed E-state index contributed by atoms with van der Waals surface area (Å²) in [6, 6.07) is 1.59. The molecule has 0 aliphatic carbocycles. The number of likely N-dealkylation sites (tertiary alicyclic amines) is 2. The number of ether oxygens (including phenoxy) is 1. The zero-order valence-electron chi connectivity index (χ0n) is 17.7. The molecule has 0 N–H and O–H groups in total. The molecule has 3 fully saturated rings. The van der Waals surface area contributed by atoms with Gasteiger partial charge in [0.15, 0.2) is 5.78 Å². The van der Waals surface area contributed by atoms with E-state index in [4.69, 9.17) is 4.74 Å². The Labute approximate surface area is 179 Å². The second-order valence-electron chi connectivity index (χ2n) is 9.01. The van der Waals surface area contributed by atoms with Gasteiger partial charge < -0.3 is 14.5 Å². The number of piperidine rings is 2. The van der Waals surface area contributed by atoms with Gasteiger partial charge in [0.25, 0.3) is 0 Å². The summed E-state index contributed by atoms with van der Waals surface area (Å²) < 4.78 is 44.3. The number of pyridine rings is 1. The number of fused-ring (bicyclic) bond motifs is 1. The smallest absolute Gasteiger partial charge is 0.370 e. The molecule has 0 unspecified atom stereocenters. The zero-order chi connectivity index (χ0) is 22.2. The number of nitrogens with zero attached hydrogens (tertiary/aromatic N) is 3. The van der Waals surface area contributed by atoms with Gasteiger partial charge in [-0.1, -0.05) is 6.07 Å². The number of carbonyl (C=O) groups excluding carboxylic acids is 2. The minimum Gasteiger partial charge on any atom is -0.370 e. The lowest BCUT2D eigenvalue weighted by molar-refractivity contribution is -0.141. The van der Waals surface area contributed by atoms with Crippen molar-refractivity contribution in [1.82, 2.24) is 14.8 Å². The van der Waals surface area contributed by atoms with E-state index in [1.165, 1.54) is 13.1 Å². The van der Waals surface area contributed by atoms with Gasteiger partial charge in [-0.05, 0) is 49.7 Å². The predicted octanol–water partition coefficient (Wildman–Crippen LogP) is 3.46. The number of halogens is 3. The highest BCUT2D eigenvalue weighted by atomic mass is 19.4. The van der Waals surface area contributed by atoms with E-state index in [2.05, 4.69) is 4.98 Å². The summed E-state index contributed by atoms with van der Waals surface area (Å²) in [6.45, 7) is 4.11. The quantitative estimate of drug-likeness (QED) is 0.708. The third kappa shape index (κ3) is 5.02. The first-order valence-corrected chi connectivity index (χ1v) is 10.9. The lowest BCUT2D eigenvalue weighted by Gasteiger charge is -2.43. The summed E-state index contributed by atoms with van der Waals surface area (Å²) in [7, 11) is 0. The van der Waals surface area contributed by atoms with Gasteiger partial charge in [-0.15, -0.1) is 0 Å². The molecule has 170 valence electrons. The molecule has 0 aromatic carbocycles. The van der Waals surface area contributed by atoms with Crippen LogP contribution in [0, 0.1) is 18.8 Å². The van der Waals surface area contributed by atoms with E-state index in [1.54, 1.807) is 6.07 Å². The molecule has 1 aromatic rings. The maximum Gasteiger partial charge on any atom is 0.433 e. The van der Waals surface area contributed by atoms with Crippen LogP contribution in [-0.2, 0) is 22.1 Å². The molecule has 9 heteroatoms. The largest absolute Gasteiger partial charge is 0.433 e. The van der Waals surface area contributed by atoms with Gasteiger partial charge in [0, 0.05) is 44.7 Å². The standard InChI is InChI=1S/C22H28F3N3O3/c1-14-8-16(11-26-20(14)22(23,24)25)9-15-2-5-27(6-3-15)21(30)28-7-4-19-17(12-28)10-18(29)13-31-19/h8,11,15,17,19H,2-7,9-10,12-13H2,1H3/t17-,19+/m1/s1. The summed E-state index contributed by atoms with van der Waals surface area (Å²) in [5.41, 5.74) is 0.121. The molecule has 0 saturated carbocycles. The van der Waals surface area contributed by atoms with Crippen molar-refractivity contribution in [3.05, 3.63) is 29.1 Å². The number of Topliss-reactive ketones (excluding diaryl/α,β-unsaturated/α-hetero) is 1. The summed E-state index contributed by atoms with van der Waals surface area (Å²) in [6.07, 6.45) is 0.512. The van der Waals surface area contributed by atoms with Crippen molar-refractivity contribution < 1.29 is 27.5 Å². The van der Waals surface area contributed by atoms with Crippen molar-refractivity contribution >= 4 is 11.8 Å². The van der Waals surface area contributed by atoms with Crippen LogP contribution in [0.2, 0.25) is 0 Å². The number of urea groups is 1. The first kappa shape index (κ1) is 22.0. The second-order valence-corrected chi connectivity index (χ2v) is 9.01. The third-order valence-corrected chi connectivity index (χ3v) is 6.70. The third-order valence-electron chi connectivity index (χ3n) is 6.70. The highest BCUT2D eigenvalue weighted by Crippen LogP contribution is 2.32. The Morgan fingerprint density at radius 2 is 1.90 bits per heavy atom. The predicted molar refractivity (Wildman–Crippen MR) is 106 cm³/mol. The Kier molecular flexibility index (Phi) is 6.23. The van der Waals surface area contributed by atoms with Gasteiger partial charge in [0.1, 0.15) is 12.3 Å². The molecule has 2 amide bonds. The van der Waals surface area contributed by atoms with Crippen molar-refractivity contribution in [2.24, 2.45) is 11.8 Å². The first-order valence-electron chi connectivity index (χ1n) is 10.9. The Bertz CT molecular complexity index is 837. The van der Waals surface area contributed by atoms with E-state index in [1.807, 2.05) is 9.80 Å². The number of carbonyl (C=O) groups is 2. The second kappa shape index (κ2) is 8.76. The fourth-order valence-corrected chi connectivity index (χ4v) is 5.05. The fraction of sp³-hybridized carbons (Fsp3) is 0.682. The molecule has 2 atom stereocenters. The van der Waals surface area contributed by atoms with Gasteiger partial charge in [-0.2, -0.15) is 13.2 Å². The maximum absolute atomic E-state index is 13.0. The molecular weight excluding hydrogens is 411 g/mol. The van der Waals surface area contributed by atoms with Crippen LogP contribution in [0.4, 0.5) is 18.0 Å². The number of alkyl halides is 3. The minimum absolute atomic E-state index is 0.0157. The zero-order valence-corrected chi connectivity index (χ0v) is 17.7. The SMILES string of the molecule is Cc1cc(CC2CCN(C(=O)N3CC[C@@H]4OCC(=O)C[C@@H]4C3)CC2)cnc1C(F)(F)F. The summed E-state index contributed by atoms with van der Waals surface area (Å²) in [4.78, 5) is 32.0. The van der Waals surface area contributed by atoms with E-state index in [-0.39, 0.29) is 36.0 Å². The van der Waals surface area contributed by atoms with Gasteiger partial charge in [0.2, 0.25) is 0 Å². The van der Waals surface area contributed by atoms with E-state index in [9.17, 15) is 22.8 Å². The number of hydrogen-bond acceptors (Lipinski definition) is 4. The molecule has 31 heavy (non-hydrogen) atoms. The van der Waals surface area contributed by atoms with Crippen LogP contribution in [0.5, 0.6) is 0 Å². The van der Waals surface area contributed by atoms with Gasteiger partial charge >= 0.3 is 12.2 Å². The minimum atomic E-state index is -4.43. The van der Waals surface area contributed by atoms with Crippen LogP contribution >= 0.6 is 0 Å². The fourth-order valence-electron chi connectivity index (χ4n) is 5.05. The molecule has 0 radical (unpaired) electrons. The van der Waals surface area contributed by atoms with Crippen LogP contribution in [-0.4, -0.2) is 65.5 Å². The number of aromatic nitrogens is 1. The van der Waals surface area contributed by atoms with Crippen molar-refractivity contribution in [2.75, 3.05) is 32.8 Å². The topological polar surface area (TPSA) is 62.7 Å². The summed E-state index contributed by atoms with van der Waals surface area (Å²) in [5.74, 6) is 0.508. The van der Waals surface area contributed by atoms with Crippen LogP contribution in [0.1, 0.15) is 42.5 Å². The Morgan fingerprint density at radius 3 is 2.58 bits per heavy atom. The number of amides is 2. The molecule has 6 nitrogen and oxygen atoms in total.